The summed E-state index contributed by atoms with van der Waals surface area (Å²) in [6, 6.07) is 11.6. The van der Waals surface area contributed by atoms with Gasteiger partial charge in [0.05, 0.1) is 24.2 Å². The summed E-state index contributed by atoms with van der Waals surface area (Å²) in [6.07, 6.45) is 0. The van der Waals surface area contributed by atoms with E-state index in [1.54, 1.807) is 50.2 Å². The van der Waals surface area contributed by atoms with Gasteiger partial charge in [0.15, 0.2) is 0 Å². The van der Waals surface area contributed by atoms with Crippen LogP contribution in [0.3, 0.4) is 0 Å². The average Bonchev–Trinajstić information content (AvgIpc) is 2.81. The number of morpholine rings is 1. The van der Waals surface area contributed by atoms with Crippen LogP contribution >= 0.6 is 11.6 Å². The fraction of sp³-hybridized carbons (Fsp3) is 0.435. The van der Waals surface area contributed by atoms with Crippen LogP contribution in [0.15, 0.2) is 47.4 Å². The third-order valence-electron chi connectivity index (χ3n) is 5.61. The van der Waals surface area contributed by atoms with Gasteiger partial charge >= 0.3 is 0 Å². The number of halogens is 1. The number of carbonyl (C=O) groups excluding carboxylic acids is 1. The lowest BCUT2D eigenvalue weighted by atomic mass is 10.2. The lowest BCUT2D eigenvalue weighted by molar-refractivity contribution is -0.120. The molecule has 1 amide bonds. The minimum Gasteiger partial charge on any atom is -0.492 e. The third-order valence-corrected chi connectivity index (χ3v) is 7.90. The highest BCUT2D eigenvalue weighted by molar-refractivity contribution is 7.89. The SMILES string of the molecule is Cc1ccc(NC(=O)C(C)N(C)CCOc2ccc(Cl)cc2)cc1S(=O)(=O)N1CCOCC1. The molecule has 1 aliphatic rings. The number of benzene rings is 2. The number of rotatable bonds is 9. The number of nitrogens with zero attached hydrogens (tertiary/aromatic N) is 2. The summed E-state index contributed by atoms with van der Waals surface area (Å²) in [7, 11) is -1.83. The van der Waals surface area contributed by atoms with E-state index in [-0.39, 0.29) is 10.8 Å². The maximum absolute atomic E-state index is 13.1. The van der Waals surface area contributed by atoms with Crippen molar-refractivity contribution in [3.8, 4) is 5.75 Å². The fourth-order valence-corrected chi connectivity index (χ4v) is 5.15. The summed E-state index contributed by atoms with van der Waals surface area (Å²) >= 11 is 5.87. The number of sulfonamides is 1. The molecule has 0 spiro atoms. The fourth-order valence-electron chi connectivity index (χ4n) is 3.36. The first-order chi connectivity index (χ1) is 15.7. The molecule has 0 saturated carbocycles. The van der Waals surface area contributed by atoms with E-state index < -0.39 is 16.1 Å². The van der Waals surface area contributed by atoms with Crippen molar-refractivity contribution >= 4 is 33.2 Å². The maximum Gasteiger partial charge on any atom is 0.243 e. The van der Waals surface area contributed by atoms with E-state index in [2.05, 4.69) is 5.32 Å². The molecule has 3 rings (SSSR count). The molecule has 1 N–H and O–H groups in total. The number of aryl methyl sites for hydroxylation is 1. The summed E-state index contributed by atoms with van der Waals surface area (Å²) in [5, 5.41) is 3.48. The van der Waals surface area contributed by atoms with Crippen LogP contribution in [0.2, 0.25) is 5.02 Å². The maximum atomic E-state index is 13.1. The van der Waals surface area contributed by atoms with E-state index in [1.807, 2.05) is 11.9 Å². The van der Waals surface area contributed by atoms with Gasteiger partial charge in [0.25, 0.3) is 0 Å². The summed E-state index contributed by atoms with van der Waals surface area (Å²) in [4.78, 5) is 14.8. The van der Waals surface area contributed by atoms with Gasteiger partial charge in [-0.3, -0.25) is 9.69 Å². The smallest absolute Gasteiger partial charge is 0.243 e. The number of anilines is 1. The molecule has 0 bridgehead atoms. The summed E-state index contributed by atoms with van der Waals surface area (Å²) in [5.41, 5.74) is 1.07. The van der Waals surface area contributed by atoms with Crippen LogP contribution in [-0.2, 0) is 19.6 Å². The first-order valence-electron chi connectivity index (χ1n) is 10.8. The van der Waals surface area contributed by atoms with Gasteiger partial charge in [0.1, 0.15) is 12.4 Å². The zero-order valence-corrected chi connectivity index (χ0v) is 20.7. The number of hydrogen-bond acceptors (Lipinski definition) is 6. The Labute approximate surface area is 200 Å². The molecule has 0 aliphatic carbocycles. The Kier molecular flexibility index (Phi) is 8.72. The van der Waals surface area contributed by atoms with Gasteiger partial charge < -0.3 is 14.8 Å². The molecule has 10 heteroatoms. The monoisotopic (exact) mass is 495 g/mol. The molecule has 0 radical (unpaired) electrons. The number of ether oxygens (including phenoxy) is 2. The summed E-state index contributed by atoms with van der Waals surface area (Å²) in [6.45, 7) is 5.86. The van der Waals surface area contributed by atoms with Crippen molar-refractivity contribution in [3.63, 3.8) is 0 Å². The third kappa shape index (κ3) is 6.68. The predicted molar refractivity (Wildman–Crippen MR) is 128 cm³/mol. The van der Waals surface area contributed by atoms with E-state index in [9.17, 15) is 13.2 Å². The Balaban J connectivity index is 1.59. The lowest BCUT2D eigenvalue weighted by Gasteiger charge is -2.27. The molecule has 0 aromatic heterocycles. The van der Waals surface area contributed by atoms with Crippen molar-refractivity contribution in [2.45, 2.75) is 24.8 Å². The summed E-state index contributed by atoms with van der Waals surface area (Å²) in [5.74, 6) is 0.473. The molecule has 1 aliphatic heterocycles. The van der Waals surface area contributed by atoms with Gasteiger partial charge in [-0.2, -0.15) is 4.31 Å². The molecule has 8 nitrogen and oxygen atoms in total. The Morgan fingerprint density at radius 1 is 1.21 bits per heavy atom. The Morgan fingerprint density at radius 2 is 1.88 bits per heavy atom. The Morgan fingerprint density at radius 3 is 2.55 bits per heavy atom. The van der Waals surface area contributed by atoms with Gasteiger partial charge in [-0.25, -0.2) is 8.42 Å². The normalized spacial score (nSPS) is 15.9. The van der Waals surface area contributed by atoms with Gasteiger partial charge in [-0.1, -0.05) is 17.7 Å². The van der Waals surface area contributed by atoms with Gasteiger partial charge in [0, 0.05) is 30.3 Å². The van der Waals surface area contributed by atoms with Crippen LogP contribution in [0, 0.1) is 6.92 Å². The molecule has 33 heavy (non-hydrogen) atoms. The Bertz CT molecular complexity index is 1060. The molecule has 1 unspecified atom stereocenters. The molecule has 1 fully saturated rings. The molecule has 2 aromatic rings. The standard InChI is InChI=1S/C23H30ClN3O5S/c1-17-4-7-20(16-22(17)33(29,30)27-11-13-31-14-12-27)25-23(28)18(2)26(3)10-15-32-21-8-5-19(24)6-9-21/h4-9,16,18H,10-15H2,1-3H3,(H,25,28). The molecule has 2 aromatic carbocycles. The number of hydrogen-bond donors (Lipinski definition) is 1. The first-order valence-corrected chi connectivity index (χ1v) is 12.6. The number of nitrogens with one attached hydrogen (secondary N) is 1. The van der Waals surface area contributed by atoms with E-state index in [0.717, 1.165) is 0 Å². The topological polar surface area (TPSA) is 88.2 Å². The van der Waals surface area contributed by atoms with Crippen LogP contribution < -0.4 is 10.1 Å². The number of likely N-dealkylation sites (N-methyl/N-ethyl adjacent to an activating group) is 1. The van der Waals surface area contributed by atoms with Crippen molar-refractivity contribution in [1.29, 1.82) is 0 Å². The van der Waals surface area contributed by atoms with Crippen molar-refractivity contribution in [2.24, 2.45) is 0 Å². The van der Waals surface area contributed by atoms with Crippen molar-refractivity contribution < 1.29 is 22.7 Å². The number of amides is 1. The lowest BCUT2D eigenvalue weighted by Crippen LogP contribution is -2.41. The van der Waals surface area contributed by atoms with Crippen molar-refractivity contribution in [3.05, 3.63) is 53.1 Å². The van der Waals surface area contributed by atoms with Gasteiger partial charge in [0.2, 0.25) is 15.9 Å². The van der Waals surface area contributed by atoms with E-state index in [4.69, 9.17) is 21.1 Å². The quantitative estimate of drug-likeness (QED) is 0.575. The second-order valence-electron chi connectivity index (χ2n) is 7.94. The zero-order chi connectivity index (χ0) is 24.0. The highest BCUT2D eigenvalue weighted by Gasteiger charge is 2.28. The number of carbonyl (C=O) groups is 1. The zero-order valence-electron chi connectivity index (χ0n) is 19.1. The predicted octanol–water partition coefficient (Wildman–Crippen LogP) is 3.01. The van der Waals surface area contributed by atoms with Crippen LogP contribution in [0.4, 0.5) is 5.69 Å². The molecular weight excluding hydrogens is 466 g/mol. The molecule has 180 valence electrons. The second kappa shape index (κ2) is 11.3. The van der Waals surface area contributed by atoms with Crippen LogP contribution in [0.5, 0.6) is 5.75 Å². The van der Waals surface area contributed by atoms with E-state index >= 15 is 0 Å². The minimum atomic E-state index is -3.66. The molecule has 1 heterocycles. The van der Waals surface area contributed by atoms with Crippen molar-refractivity contribution in [1.82, 2.24) is 9.21 Å². The summed E-state index contributed by atoms with van der Waals surface area (Å²) < 4.78 is 38.5. The van der Waals surface area contributed by atoms with E-state index in [1.165, 1.54) is 10.4 Å². The highest BCUT2D eigenvalue weighted by Crippen LogP contribution is 2.24. The largest absolute Gasteiger partial charge is 0.492 e. The molecule has 1 atom stereocenters. The Hall–Kier alpha value is -2.17. The van der Waals surface area contributed by atoms with Crippen LogP contribution in [0.1, 0.15) is 12.5 Å². The molecule has 1 saturated heterocycles. The van der Waals surface area contributed by atoms with Gasteiger partial charge in [-0.15, -0.1) is 0 Å². The van der Waals surface area contributed by atoms with Crippen LogP contribution in [0.25, 0.3) is 0 Å². The second-order valence-corrected chi connectivity index (χ2v) is 10.3. The average molecular weight is 496 g/mol. The minimum absolute atomic E-state index is 0.194. The van der Waals surface area contributed by atoms with E-state index in [0.29, 0.717) is 61.5 Å². The van der Waals surface area contributed by atoms with Crippen molar-refractivity contribution in [2.75, 3.05) is 51.8 Å². The highest BCUT2D eigenvalue weighted by atomic mass is 35.5. The molecular formula is C23H30ClN3O5S. The van der Waals surface area contributed by atoms with Gasteiger partial charge in [-0.05, 0) is 62.9 Å². The van der Waals surface area contributed by atoms with Crippen LogP contribution in [-0.4, -0.2) is 76.1 Å². The first kappa shape index (κ1) is 25.5.